The Bertz CT molecular complexity index is 1040. The first-order valence-corrected chi connectivity index (χ1v) is 18.1. The first-order valence-electron chi connectivity index (χ1n) is 18.1. The Morgan fingerprint density at radius 2 is 0.915 bits per heavy atom. The zero-order valence-electron chi connectivity index (χ0n) is 31.9. The van der Waals surface area contributed by atoms with Gasteiger partial charge in [0.15, 0.2) is 0 Å². The van der Waals surface area contributed by atoms with Crippen LogP contribution in [-0.2, 0) is 38.2 Å². The van der Waals surface area contributed by atoms with Gasteiger partial charge in [-0.05, 0) is 119 Å². The van der Waals surface area contributed by atoms with Crippen molar-refractivity contribution >= 4 is 29.5 Å². The number of ketones is 2. The summed E-state index contributed by atoms with van der Waals surface area (Å²) in [5.74, 6) is -0.484. The van der Waals surface area contributed by atoms with Gasteiger partial charge in [-0.2, -0.15) is 0 Å². The topological polar surface area (TPSA) is 113 Å². The third kappa shape index (κ3) is 17.6. The number of carbonyl (C=O) groups is 5. The molecule has 0 aromatic rings. The molecule has 0 heterocycles. The smallest absolute Gasteiger partial charge is 0.374 e. The first-order chi connectivity index (χ1) is 21.5. The minimum atomic E-state index is -0.698. The van der Waals surface area contributed by atoms with Gasteiger partial charge in [0.1, 0.15) is 30.5 Å². The average molecular weight is 665 g/mol. The summed E-state index contributed by atoms with van der Waals surface area (Å²) in [5.41, 5.74) is 1.11. The maximum atomic E-state index is 11.4. The van der Waals surface area contributed by atoms with E-state index in [9.17, 15) is 24.0 Å². The van der Waals surface area contributed by atoms with Crippen LogP contribution in [0.25, 0.3) is 0 Å². The Morgan fingerprint density at radius 1 is 0.574 bits per heavy atom. The minimum absolute atomic E-state index is 0.0681. The molecular formula is C39H68O8. The third-order valence-corrected chi connectivity index (χ3v) is 10.4. The molecule has 3 rings (SSSR count). The summed E-state index contributed by atoms with van der Waals surface area (Å²) < 4.78 is 15.7. The van der Waals surface area contributed by atoms with Crippen molar-refractivity contribution < 1.29 is 38.2 Å². The van der Waals surface area contributed by atoms with Crippen LogP contribution in [0.2, 0.25) is 0 Å². The van der Waals surface area contributed by atoms with Crippen LogP contribution in [0, 0.1) is 34.0 Å². The Morgan fingerprint density at radius 3 is 1.21 bits per heavy atom. The number of rotatable bonds is 9. The van der Waals surface area contributed by atoms with Crippen molar-refractivity contribution in [3.05, 3.63) is 0 Å². The Kier molecular flexibility index (Phi) is 17.4. The molecule has 3 fully saturated rings. The number of Topliss-reactive ketones (excluding diaryl/α,β-unsaturated/α-hetero) is 2. The molecule has 3 aliphatic carbocycles. The van der Waals surface area contributed by atoms with Gasteiger partial charge in [0.2, 0.25) is 5.78 Å². The van der Waals surface area contributed by atoms with E-state index in [4.69, 9.17) is 14.2 Å². The van der Waals surface area contributed by atoms with E-state index in [1.54, 1.807) is 0 Å². The highest BCUT2D eigenvalue weighted by molar-refractivity contribution is 6.32. The summed E-state index contributed by atoms with van der Waals surface area (Å²) in [6, 6.07) is 0. The number of hydrogen-bond donors (Lipinski definition) is 0. The van der Waals surface area contributed by atoms with E-state index >= 15 is 0 Å². The molecule has 3 saturated carbocycles. The van der Waals surface area contributed by atoms with Crippen molar-refractivity contribution in [1.29, 1.82) is 0 Å². The molecule has 6 atom stereocenters. The second-order valence-corrected chi connectivity index (χ2v) is 17.1. The van der Waals surface area contributed by atoms with Crippen LogP contribution >= 0.6 is 0 Å². The van der Waals surface area contributed by atoms with Gasteiger partial charge in [-0.15, -0.1) is 0 Å². The molecule has 272 valence electrons. The van der Waals surface area contributed by atoms with Crippen molar-refractivity contribution in [2.24, 2.45) is 34.0 Å². The summed E-state index contributed by atoms with van der Waals surface area (Å²) in [4.78, 5) is 55.1. The van der Waals surface area contributed by atoms with Gasteiger partial charge in [0.25, 0.3) is 0 Å². The lowest BCUT2D eigenvalue weighted by atomic mass is 9.71. The standard InChI is InChI=1S/C14H24O3.C13H22O3.C12H22O2/c1-10(15)8-13(16)17-11(2)12-6-5-7-14(3,4)9-12;1-9(14)12(15)16-10(2)11-6-5-7-13(3,4)8-11;1-9(14-10(2)13)11-6-5-7-12(3,4)8-11/h11-12H,5-9H2,1-4H3;10-11H,5-8H2,1-4H3;9,11H,5-8H2,1-4H3. The highest BCUT2D eigenvalue weighted by atomic mass is 16.6. The summed E-state index contributed by atoms with van der Waals surface area (Å²) in [7, 11) is 0. The monoisotopic (exact) mass is 664 g/mol. The van der Waals surface area contributed by atoms with Gasteiger partial charge in [0, 0.05) is 13.8 Å². The fourth-order valence-electron chi connectivity index (χ4n) is 7.73. The largest absolute Gasteiger partial charge is 0.463 e. The molecule has 0 bridgehead atoms. The molecule has 0 amide bonds. The summed E-state index contributed by atoms with van der Waals surface area (Å²) >= 11 is 0. The summed E-state index contributed by atoms with van der Waals surface area (Å²) in [6.07, 6.45) is 14.0. The molecule has 47 heavy (non-hydrogen) atoms. The normalized spacial score (nSPS) is 26.3. The zero-order valence-corrected chi connectivity index (χ0v) is 31.9. The van der Waals surface area contributed by atoms with Crippen molar-refractivity contribution in [2.45, 2.75) is 185 Å². The molecule has 0 aliphatic heterocycles. The van der Waals surface area contributed by atoms with Crippen LogP contribution < -0.4 is 0 Å². The fourth-order valence-corrected chi connectivity index (χ4v) is 7.73. The highest BCUT2D eigenvalue weighted by Gasteiger charge is 2.34. The van der Waals surface area contributed by atoms with Crippen molar-refractivity contribution in [3.8, 4) is 0 Å². The van der Waals surface area contributed by atoms with Gasteiger partial charge in [0.05, 0.1) is 0 Å². The maximum absolute atomic E-state index is 11.4. The average Bonchev–Trinajstić information content (AvgIpc) is 2.91. The second kappa shape index (κ2) is 19.1. The van der Waals surface area contributed by atoms with Crippen LogP contribution in [0.1, 0.15) is 167 Å². The van der Waals surface area contributed by atoms with E-state index in [2.05, 4.69) is 41.5 Å². The predicted octanol–water partition coefficient (Wildman–Crippen LogP) is 8.99. The molecule has 0 aromatic carbocycles. The van der Waals surface area contributed by atoms with E-state index in [0.717, 1.165) is 25.7 Å². The number of ether oxygens (including phenoxy) is 3. The minimum Gasteiger partial charge on any atom is -0.463 e. The van der Waals surface area contributed by atoms with Crippen molar-refractivity contribution in [1.82, 2.24) is 0 Å². The van der Waals surface area contributed by atoms with Gasteiger partial charge < -0.3 is 14.2 Å². The lowest BCUT2D eigenvalue weighted by molar-refractivity contribution is -0.159. The van der Waals surface area contributed by atoms with E-state index < -0.39 is 11.8 Å². The number of hydrogen-bond acceptors (Lipinski definition) is 8. The summed E-state index contributed by atoms with van der Waals surface area (Å²) in [5, 5.41) is 0. The van der Waals surface area contributed by atoms with E-state index in [1.807, 2.05) is 20.8 Å². The lowest BCUT2D eigenvalue weighted by Crippen LogP contribution is -2.33. The Balaban J connectivity index is 0.000000354. The maximum Gasteiger partial charge on any atom is 0.374 e. The highest BCUT2D eigenvalue weighted by Crippen LogP contribution is 2.42. The SMILES string of the molecule is CC(=O)C(=O)OC(C)C1CCCC(C)(C)C1.CC(=O)CC(=O)OC(C)C1CCCC(C)(C)C1.CC(=O)OC(C)C1CCCC(C)(C)C1. The summed E-state index contributed by atoms with van der Waals surface area (Å²) in [6.45, 7) is 23.7. The molecule has 3 aliphatic rings. The van der Waals surface area contributed by atoms with Gasteiger partial charge in [-0.1, -0.05) is 60.8 Å². The zero-order chi connectivity index (χ0) is 36.2. The first kappa shape index (κ1) is 42.8. The molecule has 0 N–H and O–H groups in total. The predicted molar refractivity (Wildman–Crippen MR) is 186 cm³/mol. The molecular weight excluding hydrogens is 596 g/mol. The van der Waals surface area contributed by atoms with Crippen LogP contribution in [0.5, 0.6) is 0 Å². The molecule has 0 spiro atoms. The van der Waals surface area contributed by atoms with Crippen LogP contribution in [-0.4, -0.2) is 47.8 Å². The third-order valence-electron chi connectivity index (χ3n) is 10.4. The Labute approximate surface area is 286 Å². The van der Waals surface area contributed by atoms with Gasteiger partial charge in [-0.25, -0.2) is 4.79 Å². The van der Waals surface area contributed by atoms with Crippen LogP contribution in [0.15, 0.2) is 0 Å². The fraction of sp³-hybridized carbons (Fsp3) is 0.872. The molecule has 6 unspecified atom stereocenters. The molecule has 0 saturated heterocycles. The van der Waals surface area contributed by atoms with Crippen LogP contribution in [0.3, 0.4) is 0 Å². The lowest BCUT2D eigenvalue weighted by Gasteiger charge is -2.37. The molecule has 0 radical (unpaired) electrons. The van der Waals surface area contributed by atoms with E-state index in [-0.39, 0.29) is 42.5 Å². The van der Waals surface area contributed by atoms with E-state index in [0.29, 0.717) is 34.0 Å². The second-order valence-electron chi connectivity index (χ2n) is 17.1. The quantitative estimate of drug-likeness (QED) is 0.104. The van der Waals surface area contributed by atoms with Crippen LogP contribution in [0.4, 0.5) is 0 Å². The molecule has 0 aromatic heterocycles. The van der Waals surface area contributed by atoms with Gasteiger partial charge >= 0.3 is 17.9 Å². The Hall–Kier alpha value is -2.25. The van der Waals surface area contributed by atoms with Gasteiger partial charge in [-0.3, -0.25) is 19.2 Å². The van der Waals surface area contributed by atoms with Crippen molar-refractivity contribution in [3.63, 3.8) is 0 Å². The molecule has 8 heteroatoms. The van der Waals surface area contributed by atoms with E-state index in [1.165, 1.54) is 72.1 Å². The van der Waals surface area contributed by atoms with Crippen molar-refractivity contribution in [2.75, 3.05) is 0 Å². The number of carbonyl (C=O) groups excluding carboxylic acids is 5. The molecule has 8 nitrogen and oxygen atoms in total. The number of esters is 3.